The molecule has 2 aromatic rings. The molecule has 1 saturated heterocycles. The van der Waals surface area contributed by atoms with Crippen LogP contribution in [0.15, 0.2) is 30.6 Å². The van der Waals surface area contributed by atoms with E-state index in [4.69, 9.17) is 5.73 Å². The molecular weight excluding hydrogens is 331 g/mol. The Hall–Kier alpha value is -2.51. The number of hydrogen-bond donors (Lipinski definition) is 2. The van der Waals surface area contributed by atoms with Crippen LogP contribution in [0.5, 0.6) is 0 Å². The van der Waals surface area contributed by atoms with E-state index < -0.39 is 11.7 Å². The van der Waals surface area contributed by atoms with Crippen molar-refractivity contribution < 1.29 is 13.2 Å². The first-order chi connectivity index (χ1) is 11.9. The van der Waals surface area contributed by atoms with E-state index >= 15 is 0 Å². The van der Waals surface area contributed by atoms with Gasteiger partial charge in [0, 0.05) is 18.8 Å². The number of alkyl halides is 3. The SMILES string of the molecule is Nc1c(Nc2cccc(C(F)(F)F)c2)ncnc1N1CCCCCC1. The van der Waals surface area contributed by atoms with Gasteiger partial charge < -0.3 is 16.0 Å². The summed E-state index contributed by atoms with van der Waals surface area (Å²) in [6.45, 7) is 1.73. The van der Waals surface area contributed by atoms with Crippen LogP contribution >= 0.6 is 0 Å². The van der Waals surface area contributed by atoms with E-state index in [0.717, 1.165) is 38.1 Å². The summed E-state index contributed by atoms with van der Waals surface area (Å²) in [4.78, 5) is 10.5. The van der Waals surface area contributed by atoms with E-state index in [0.29, 0.717) is 17.3 Å². The highest BCUT2D eigenvalue weighted by atomic mass is 19.4. The Kier molecular flexibility index (Phi) is 4.96. The maximum atomic E-state index is 12.8. The van der Waals surface area contributed by atoms with Gasteiger partial charge in [0.15, 0.2) is 11.6 Å². The fraction of sp³-hybridized carbons (Fsp3) is 0.412. The maximum Gasteiger partial charge on any atom is 0.416 e. The zero-order valence-corrected chi connectivity index (χ0v) is 13.7. The first kappa shape index (κ1) is 17.3. The van der Waals surface area contributed by atoms with Crippen LogP contribution in [0.25, 0.3) is 0 Å². The molecule has 3 rings (SSSR count). The minimum absolute atomic E-state index is 0.280. The van der Waals surface area contributed by atoms with Gasteiger partial charge in [-0.1, -0.05) is 18.9 Å². The highest BCUT2D eigenvalue weighted by Crippen LogP contribution is 2.33. The molecule has 8 heteroatoms. The number of hydrogen-bond acceptors (Lipinski definition) is 5. The van der Waals surface area contributed by atoms with E-state index in [-0.39, 0.29) is 5.69 Å². The van der Waals surface area contributed by atoms with E-state index in [1.54, 1.807) is 6.07 Å². The fourth-order valence-electron chi connectivity index (χ4n) is 2.93. The Morgan fingerprint density at radius 3 is 2.44 bits per heavy atom. The number of anilines is 4. The average molecular weight is 351 g/mol. The van der Waals surface area contributed by atoms with Crippen molar-refractivity contribution in [3.05, 3.63) is 36.2 Å². The third-order valence-corrected chi connectivity index (χ3v) is 4.22. The monoisotopic (exact) mass is 351 g/mol. The molecule has 0 radical (unpaired) electrons. The van der Waals surface area contributed by atoms with Gasteiger partial charge in [-0.15, -0.1) is 0 Å². The lowest BCUT2D eigenvalue weighted by Crippen LogP contribution is -2.26. The minimum Gasteiger partial charge on any atom is -0.393 e. The van der Waals surface area contributed by atoms with Crippen LogP contribution in [0.2, 0.25) is 0 Å². The predicted octanol–water partition coefficient (Wildman–Crippen LogP) is 4.20. The van der Waals surface area contributed by atoms with Crippen LogP contribution in [0.1, 0.15) is 31.2 Å². The standard InChI is InChI=1S/C17H20F3N5/c18-17(19,20)12-6-5-7-13(10-12)24-15-14(21)16(23-11-22-15)25-8-3-1-2-4-9-25/h5-7,10-11H,1-4,8-9,21H2,(H,22,23,24). The Morgan fingerprint density at radius 1 is 1.04 bits per heavy atom. The topological polar surface area (TPSA) is 67.1 Å². The first-order valence-corrected chi connectivity index (χ1v) is 8.25. The third-order valence-electron chi connectivity index (χ3n) is 4.22. The third kappa shape index (κ3) is 4.12. The summed E-state index contributed by atoms with van der Waals surface area (Å²) in [6, 6.07) is 4.95. The number of rotatable bonds is 3. The van der Waals surface area contributed by atoms with E-state index in [1.807, 2.05) is 0 Å². The highest BCUT2D eigenvalue weighted by molar-refractivity contribution is 5.78. The lowest BCUT2D eigenvalue weighted by Gasteiger charge is -2.23. The Labute approximate surface area is 144 Å². The van der Waals surface area contributed by atoms with Crippen molar-refractivity contribution in [3.8, 4) is 0 Å². The number of benzene rings is 1. The Bertz CT molecular complexity index is 724. The summed E-state index contributed by atoms with van der Waals surface area (Å²) in [7, 11) is 0. The molecule has 1 aromatic carbocycles. The number of halogens is 3. The summed E-state index contributed by atoms with van der Waals surface area (Å²) in [5, 5.41) is 2.88. The van der Waals surface area contributed by atoms with Crippen LogP contribution in [0, 0.1) is 0 Å². The van der Waals surface area contributed by atoms with E-state index in [2.05, 4.69) is 20.2 Å². The van der Waals surface area contributed by atoms with Crippen LogP contribution in [0.4, 0.5) is 36.2 Å². The zero-order chi connectivity index (χ0) is 17.9. The van der Waals surface area contributed by atoms with Crippen molar-refractivity contribution in [2.45, 2.75) is 31.9 Å². The van der Waals surface area contributed by atoms with Gasteiger partial charge in [0.1, 0.15) is 12.0 Å². The second-order valence-electron chi connectivity index (χ2n) is 6.06. The summed E-state index contributed by atoms with van der Waals surface area (Å²) >= 11 is 0. The first-order valence-electron chi connectivity index (χ1n) is 8.25. The molecular formula is C17H20F3N5. The van der Waals surface area contributed by atoms with Crippen molar-refractivity contribution in [3.63, 3.8) is 0 Å². The molecule has 2 heterocycles. The lowest BCUT2D eigenvalue weighted by molar-refractivity contribution is -0.137. The van der Waals surface area contributed by atoms with E-state index in [9.17, 15) is 13.2 Å². The maximum absolute atomic E-state index is 12.8. The van der Waals surface area contributed by atoms with Crippen molar-refractivity contribution in [2.24, 2.45) is 0 Å². The fourth-order valence-corrected chi connectivity index (χ4v) is 2.93. The van der Waals surface area contributed by atoms with Crippen LogP contribution in [0.3, 0.4) is 0 Å². The molecule has 0 bridgehead atoms. The van der Waals surface area contributed by atoms with Gasteiger partial charge in [0.2, 0.25) is 0 Å². The quantitative estimate of drug-likeness (QED) is 0.867. The number of nitrogens with two attached hydrogens (primary N) is 1. The van der Waals surface area contributed by atoms with Crippen LogP contribution in [-0.2, 0) is 6.18 Å². The molecule has 0 aliphatic carbocycles. The molecule has 0 amide bonds. The molecule has 0 saturated carbocycles. The number of nitrogens with one attached hydrogen (secondary N) is 1. The highest BCUT2D eigenvalue weighted by Gasteiger charge is 2.30. The molecule has 5 nitrogen and oxygen atoms in total. The molecule has 1 fully saturated rings. The van der Waals surface area contributed by atoms with Gasteiger partial charge in [0.05, 0.1) is 5.56 Å². The molecule has 0 atom stereocenters. The summed E-state index contributed by atoms with van der Waals surface area (Å²) < 4.78 is 38.5. The van der Waals surface area contributed by atoms with Gasteiger partial charge in [-0.3, -0.25) is 0 Å². The summed E-state index contributed by atoms with van der Waals surface area (Å²) in [5.41, 5.74) is 6.09. The van der Waals surface area contributed by atoms with Crippen molar-refractivity contribution in [1.29, 1.82) is 0 Å². The molecule has 0 spiro atoms. The average Bonchev–Trinajstić information content (AvgIpc) is 2.85. The molecule has 1 aliphatic heterocycles. The van der Waals surface area contributed by atoms with Crippen molar-refractivity contribution in [1.82, 2.24) is 9.97 Å². The molecule has 134 valence electrons. The number of nitrogens with zero attached hydrogens (tertiary/aromatic N) is 3. The molecule has 1 aromatic heterocycles. The second kappa shape index (κ2) is 7.16. The van der Waals surface area contributed by atoms with Crippen molar-refractivity contribution in [2.75, 3.05) is 29.0 Å². The van der Waals surface area contributed by atoms with Crippen LogP contribution in [-0.4, -0.2) is 23.1 Å². The zero-order valence-electron chi connectivity index (χ0n) is 13.7. The largest absolute Gasteiger partial charge is 0.416 e. The molecule has 1 aliphatic rings. The van der Waals surface area contributed by atoms with Gasteiger partial charge in [-0.05, 0) is 31.0 Å². The molecule has 25 heavy (non-hydrogen) atoms. The smallest absolute Gasteiger partial charge is 0.393 e. The number of nitrogen functional groups attached to an aromatic ring is 1. The molecule has 0 unspecified atom stereocenters. The lowest BCUT2D eigenvalue weighted by atomic mass is 10.2. The molecule has 3 N–H and O–H groups in total. The van der Waals surface area contributed by atoms with Gasteiger partial charge in [-0.2, -0.15) is 13.2 Å². The second-order valence-corrected chi connectivity index (χ2v) is 6.06. The number of aromatic nitrogens is 2. The normalized spacial score (nSPS) is 15.7. The predicted molar refractivity (Wildman–Crippen MR) is 91.9 cm³/mol. The summed E-state index contributed by atoms with van der Waals surface area (Å²) in [6.07, 6.45) is 1.48. The Morgan fingerprint density at radius 2 is 1.76 bits per heavy atom. The van der Waals surface area contributed by atoms with Crippen LogP contribution < -0.4 is 16.0 Å². The van der Waals surface area contributed by atoms with Crippen molar-refractivity contribution >= 4 is 23.0 Å². The summed E-state index contributed by atoms with van der Waals surface area (Å²) in [5.74, 6) is 0.944. The van der Waals surface area contributed by atoms with Gasteiger partial charge in [-0.25, -0.2) is 9.97 Å². The Balaban J connectivity index is 1.85. The van der Waals surface area contributed by atoms with Gasteiger partial charge in [0.25, 0.3) is 0 Å². The minimum atomic E-state index is -4.40. The van der Waals surface area contributed by atoms with Gasteiger partial charge >= 0.3 is 6.18 Å². The van der Waals surface area contributed by atoms with E-state index in [1.165, 1.54) is 25.2 Å².